The highest BCUT2D eigenvalue weighted by Crippen LogP contribution is 2.26. The predicted molar refractivity (Wildman–Crippen MR) is 150 cm³/mol. The Hall–Kier alpha value is -3.52. The SMILES string of the molecule is CCOc1ccccc1OCCNC(C)Cc1cc(C(N)=O)c2c(ccn2CCCOC(=O)C(C)(C)C)c1. The molecule has 1 atom stereocenters. The quantitative estimate of drug-likeness (QED) is 0.234. The highest BCUT2D eigenvalue weighted by molar-refractivity contribution is 6.05. The molecule has 0 fully saturated rings. The minimum Gasteiger partial charge on any atom is -0.490 e. The number of nitrogens with zero attached hydrogens (tertiary/aromatic N) is 1. The number of hydrogen-bond donors (Lipinski definition) is 2. The molecule has 8 nitrogen and oxygen atoms in total. The zero-order valence-corrected chi connectivity index (χ0v) is 23.2. The van der Waals surface area contributed by atoms with Crippen LogP contribution < -0.4 is 20.5 Å². The third-order valence-corrected chi connectivity index (χ3v) is 6.12. The van der Waals surface area contributed by atoms with Crippen LogP contribution in [0, 0.1) is 5.41 Å². The summed E-state index contributed by atoms with van der Waals surface area (Å²) in [5.74, 6) is 0.797. The molecule has 1 amide bonds. The molecule has 1 unspecified atom stereocenters. The topological polar surface area (TPSA) is 105 Å². The third-order valence-electron chi connectivity index (χ3n) is 6.12. The number of nitrogens with one attached hydrogen (secondary N) is 1. The van der Waals surface area contributed by atoms with Gasteiger partial charge in [0.2, 0.25) is 0 Å². The second kappa shape index (κ2) is 13.3. The van der Waals surface area contributed by atoms with Gasteiger partial charge in [0.15, 0.2) is 11.5 Å². The average molecular weight is 524 g/mol. The van der Waals surface area contributed by atoms with Crippen LogP contribution in [0.15, 0.2) is 48.7 Å². The van der Waals surface area contributed by atoms with Gasteiger partial charge in [-0.15, -0.1) is 0 Å². The van der Waals surface area contributed by atoms with Crippen LogP contribution in [-0.4, -0.2) is 48.9 Å². The van der Waals surface area contributed by atoms with E-state index in [4.69, 9.17) is 19.9 Å². The Morgan fingerprint density at radius 3 is 2.42 bits per heavy atom. The standard InChI is InChI=1S/C30H41N3O5/c1-6-36-25-10-7-8-11-26(25)37-17-13-32-21(2)18-22-19-23-12-15-33(27(23)24(20-22)28(31)34)14-9-16-38-29(35)30(3,4)5/h7-8,10-12,15,19-21,32H,6,9,13-14,16-18H2,1-5H3,(H2,31,34). The molecule has 3 aromatic rings. The van der Waals surface area contributed by atoms with E-state index in [2.05, 4.69) is 18.3 Å². The number of primary amides is 1. The summed E-state index contributed by atoms with van der Waals surface area (Å²) in [6.07, 6.45) is 3.33. The summed E-state index contributed by atoms with van der Waals surface area (Å²) in [7, 11) is 0. The number of amides is 1. The smallest absolute Gasteiger partial charge is 0.311 e. The van der Waals surface area contributed by atoms with Crippen molar-refractivity contribution in [3.8, 4) is 11.5 Å². The molecule has 1 heterocycles. The number of esters is 1. The predicted octanol–water partition coefficient (Wildman–Crippen LogP) is 4.72. The first-order chi connectivity index (χ1) is 18.1. The van der Waals surface area contributed by atoms with Crippen molar-refractivity contribution in [2.45, 2.75) is 60.0 Å². The molecule has 8 heteroatoms. The van der Waals surface area contributed by atoms with Crippen LogP contribution in [-0.2, 0) is 22.5 Å². The molecular formula is C30H41N3O5. The van der Waals surface area contributed by atoms with Crippen LogP contribution in [0.5, 0.6) is 11.5 Å². The van der Waals surface area contributed by atoms with Gasteiger partial charge in [-0.2, -0.15) is 0 Å². The molecule has 3 rings (SSSR count). The highest BCUT2D eigenvalue weighted by Gasteiger charge is 2.22. The normalized spacial score (nSPS) is 12.3. The Morgan fingerprint density at radius 2 is 1.76 bits per heavy atom. The van der Waals surface area contributed by atoms with Gasteiger partial charge in [-0.3, -0.25) is 9.59 Å². The maximum absolute atomic E-state index is 12.3. The molecule has 0 bridgehead atoms. The van der Waals surface area contributed by atoms with Crippen molar-refractivity contribution in [3.05, 3.63) is 59.8 Å². The number of aromatic nitrogens is 1. The lowest BCUT2D eigenvalue weighted by Crippen LogP contribution is -2.32. The highest BCUT2D eigenvalue weighted by atomic mass is 16.5. The monoisotopic (exact) mass is 523 g/mol. The van der Waals surface area contributed by atoms with Crippen molar-refractivity contribution in [2.24, 2.45) is 11.1 Å². The van der Waals surface area contributed by atoms with Crippen molar-refractivity contribution >= 4 is 22.8 Å². The van der Waals surface area contributed by atoms with Crippen LogP contribution in [0.25, 0.3) is 10.9 Å². The zero-order valence-electron chi connectivity index (χ0n) is 23.2. The number of rotatable bonds is 14. The third kappa shape index (κ3) is 7.99. The van der Waals surface area contributed by atoms with Crippen molar-refractivity contribution in [1.29, 1.82) is 0 Å². The first kappa shape index (κ1) is 29.0. The Morgan fingerprint density at radius 1 is 1.05 bits per heavy atom. The van der Waals surface area contributed by atoms with Gasteiger partial charge in [0.05, 0.1) is 29.7 Å². The number of nitrogens with two attached hydrogens (primary N) is 1. The first-order valence-corrected chi connectivity index (χ1v) is 13.3. The van der Waals surface area contributed by atoms with Gasteiger partial charge < -0.3 is 29.8 Å². The van der Waals surface area contributed by atoms with Crippen molar-refractivity contribution < 1.29 is 23.8 Å². The van der Waals surface area contributed by atoms with Crippen LogP contribution in [0.1, 0.15) is 57.0 Å². The molecule has 0 saturated carbocycles. The lowest BCUT2D eigenvalue weighted by atomic mass is 9.97. The van der Waals surface area contributed by atoms with Crippen LogP contribution in [0.3, 0.4) is 0 Å². The Labute approximate surface area is 225 Å². The summed E-state index contributed by atoms with van der Waals surface area (Å²) in [6, 6.07) is 13.8. The average Bonchev–Trinajstić information content (AvgIpc) is 3.27. The fraction of sp³-hybridized carbons (Fsp3) is 0.467. The van der Waals surface area contributed by atoms with Gasteiger partial charge in [-0.25, -0.2) is 0 Å². The van der Waals surface area contributed by atoms with Crippen LogP contribution in [0.4, 0.5) is 0 Å². The lowest BCUT2D eigenvalue weighted by Gasteiger charge is -2.17. The van der Waals surface area contributed by atoms with E-state index >= 15 is 0 Å². The number of fused-ring (bicyclic) bond motifs is 1. The number of benzene rings is 2. The minimum atomic E-state index is -0.524. The van der Waals surface area contributed by atoms with E-state index in [9.17, 15) is 9.59 Å². The maximum atomic E-state index is 12.3. The zero-order chi connectivity index (χ0) is 27.7. The largest absolute Gasteiger partial charge is 0.490 e. The summed E-state index contributed by atoms with van der Waals surface area (Å²) in [4.78, 5) is 24.3. The summed E-state index contributed by atoms with van der Waals surface area (Å²) < 4.78 is 18.9. The Kier molecular flexibility index (Phi) is 10.2. The molecule has 0 aliphatic carbocycles. The van der Waals surface area contributed by atoms with Crippen molar-refractivity contribution in [2.75, 3.05) is 26.4 Å². The van der Waals surface area contributed by atoms with Crippen LogP contribution >= 0.6 is 0 Å². The number of carbonyl (C=O) groups excluding carboxylic acids is 2. The molecular weight excluding hydrogens is 482 g/mol. The fourth-order valence-corrected chi connectivity index (χ4v) is 4.26. The molecule has 1 aromatic heterocycles. The molecule has 0 aliphatic rings. The second-order valence-electron chi connectivity index (χ2n) is 10.5. The Bertz CT molecular complexity index is 1230. The second-order valence-corrected chi connectivity index (χ2v) is 10.5. The van der Waals surface area contributed by atoms with Crippen LogP contribution in [0.2, 0.25) is 0 Å². The number of ether oxygens (including phenoxy) is 3. The van der Waals surface area contributed by atoms with Gasteiger partial charge in [0, 0.05) is 30.7 Å². The molecule has 38 heavy (non-hydrogen) atoms. The van der Waals surface area contributed by atoms with E-state index < -0.39 is 11.3 Å². The Balaban J connectivity index is 1.57. The van der Waals surface area contributed by atoms with Crippen molar-refractivity contribution in [3.63, 3.8) is 0 Å². The molecule has 3 N–H and O–H groups in total. The van der Waals surface area contributed by atoms with E-state index in [1.54, 1.807) is 0 Å². The number of para-hydroxylation sites is 2. The van der Waals surface area contributed by atoms with E-state index in [-0.39, 0.29) is 12.0 Å². The summed E-state index contributed by atoms with van der Waals surface area (Å²) in [5, 5.41) is 4.44. The van der Waals surface area contributed by atoms with E-state index in [0.29, 0.717) is 44.9 Å². The molecule has 0 spiro atoms. The van der Waals surface area contributed by atoms with Gasteiger partial charge in [0.25, 0.3) is 5.91 Å². The van der Waals surface area contributed by atoms with Gasteiger partial charge in [-0.05, 0) is 83.4 Å². The van der Waals surface area contributed by atoms with Gasteiger partial charge in [0.1, 0.15) is 6.61 Å². The van der Waals surface area contributed by atoms with E-state index in [1.807, 2.05) is 74.9 Å². The number of hydrogen-bond acceptors (Lipinski definition) is 6. The summed E-state index contributed by atoms with van der Waals surface area (Å²) >= 11 is 0. The molecule has 206 valence electrons. The molecule has 0 aliphatic heterocycles. The van der Waals surface area contributed by atoms with Crippen molar-refractivity contribution in [1.82, 2.24) is 9.88 Å². The summed E-state index contributed by atoms with van der Waals surface area (Å²) in [5.41, 5.74) is 7.59. The molecule has 0 saturated heterocycles. The van der Waals surface area contributed by atoms with E-state index in [1.165, 1.54) is 0 Å². The minimum absolute atomic E-state index is 0.165. The molecule has 0 radical (unpaired) electrons. The first-order valence-electron chi connectivity index (χ1n) is 13.3. The molecule has 2 aromatic carbocycles. The number of aryl methyl sites for hydroxylation is 1. The fourth-order valence-electron chi connectivity index (χ4n) is 4.26. The van der Waals surface area contributed by atoms with E-state index in [0.717, 1.165) is 34.4 Å². The summed E-state index contributed by atoms with van der Waals surface area (Å²) in [6.45, 7) is 12.3. The maximum Gasteiger partial charge on any atom is 0.311 e. The van der Waals surface area contributed by atoms with Gasteiger partial charge in [-0.1, -0.05) is 12.1 Å². The lowest BCUT2D eigenvalue weighted by molar-refractivity contribution is -0.153. The number of carbonyl (C=O) groups is 2. The van der Waals surface area contributed by atoms with Gasteiger partial charge >= 0.3 is 5.97 Å².